The molecule has 0 aliphatic rings. The lowest BCUT2D eigenvalue weighted by atomic mass is 9.96. The second kappa shape index (κ2) is 5.25. The third-order valence-electron chi connectivity index (χ3n) is 3.07. The van der Waals surface area contributed by atoms with Gasteiger partial charge in [-0.05, 0) is 18.6 Å². The van der Waals surface area contributed by atoms with Crippen LogP contribution >= 0.6 is 0 Å². The molecule has 0 fully saturated rings. The van der Waals surface area contributed by atoms with Gasteiger partial charge in [0, 0.05) is 5.56 Å². The molecule has 1 unspecified atom stereocenters. The van der Waals surface area contributed by atoms with Crippen molar-refractivity contribution in [2.24, 2.45) is 5.73 Å². The SMILES string of the molecule is Cc1cccc(C(N)c2cccc(C(F)(F)F)c2F)c1. The summed E-state index contributed by atoms with van der Waals surface area (Å²) in [4.78, 5) is 0. The summed E-state index contributed by atoms with van der Waals surface area (Å²) in [7, 11) is 0. The van der Waals surface area contributed by atoms with Gasteiger partial charge in [-0.15, -0.1) is 0 Å². The molecule has 0 radical (unpaired) electrons. The van der Waals surface area contributed by atoms with Crippen molar-refractivity contribution >= 4 is 0 Å². The molecule has 0 spiro atoms. The Balaban J connectivity index is 2.48. The van der Waals surface area contributed by atoms with Crippen LogP contribution < -0.4 is 5.73 Å². The zero-order valence-corrected chi connectivity index (χ0v) is 10.7. The van der Waals surface area contributed by atoms with Crippen LogP contribution in [0.25, 0.3) is 0 Å². The van der Waals surface area contributed by atoms with E-state index < -0.39 is 23.6 Å². The number of halogens is 4. The molecule has 2 rings (SSSR count). The number of alkyl halides is 3. The van der Waals surface area contributed by atoms with E-state index in [1.807, 2.05) is 13.0 Å². The first kappa shape index (κ1) is 14.5. The van der Waals surface area contributed by atoms with Crippen molar-refractivity contribution in [3.05, 3.63) is 70.5 Å². The van der Waals surface area contributed by atoms with Gasteiger partial charge in [-0.3, -0.25) is 0 Å². The highest BCUT2D eigenvalue weighted by molar-refractivity contribution is 5.37. The first-order chi connectivity index (χ1) is 9.30. The molecule has 1 atom stereocenters. The molecule has 2 aromatic rings. The van der Waals surface area contributed by atoms with E-state index in [4.69, 9.17) is 5.73 Å². The molecule has 1 nitrogen and oxygen atoms in total. The van der Waals surface area contributed by atoms with Crippen LogP contribution in [-0.2, 0) is 6.18 Å². The van der Waals surface area contributed by atoms with Crippen LogP contribution in [0.15, 0.2) is 42.5 Å². The monoisotopic (exact) mass is 283 g/mol. The maximum Gasteiger partial charge on any atom is 0.419 e. The highest BCUT2D eigenvalue weighted by atomic mass is 19.4. The minimum absolute atomic E-state index is 0.162. The molecule has 0 saturated carbocycles. The second-order valence-corrected chi connectivity index (χ2v) is 4.60. The summed E-state index contributed by atoms with van der Waals surface area (Å²) in [6.07, 6.45) is -4.73. The van der Waals surface area contributed by atoms with Crippen molar-refractivity contribution in [2.45, 2.75) is 19.1 Å². The number of benzene rings is 2. The van der Waals surface area contributed by atoms with Crippen LogP contribution in [0.1, 0.15) is 28.3 Å². The van der Waals surface area contributed by atoms with E-state index in [9.17, 15) is 17.6 Å². The summed E-state index contributed by atoms with van der Waals surface area (Å²) in [6.45, 7) is 1.83. The Hall–Kier alpha value is -1.88. The van der Waals surface area contributed by atoms with Crippen molar-refractivity contribution in [2.75, 3.05) is 0 Å². The molecule has 106 valence electrons. The van der Waals surface area contributed by atoms with E-state index in [0.29, 0.717) is 11.6 Å². The molecule has 0 aliphatic heterocycles. The average molecular weight is 283 g/mol. The molecule has 0 aromatic heterocycles. The molecular formula is C15H13F4N. The Morgan fingerprint density at radius 1 is 1.05 bits per heavy atom. The van der Waals surface area contributed by atoms with E-state index in [1.165, 1.54) is 6.07 Å². The van der Waals surface area contributed by atoms with Crippen molar-refractivity contribution in [3.63, 3.8) is 0 Å². The molecule has 2 aromatic carbocycles. The summed E-state index contributed by atoms with van der Waals surface area (Å²) < 4.78 is 52.0. The largest absolute Gasteiger partial charge is 0.419 e. The van der Waals surface area contributed by atoms with Gasteiger partial charge in [0.25, 0.3) is 0 Å². The molecule has 5 heteroatoms. The lowest BCUT2D eigenvalue weighted by Crippen LogP contribution is -2.17. The standard InChI is InChI=1S/C15H13F4N/c1-9-4-2-5-10(8-9)14(20)11-6-3-7-12(13(11)16)15(17,18)19/h2-8,14H,20H2,1H3. The van der Waals surface area contributed by atoms with Gasteiger partial charge < -0.3 is 5.73 Å². The van der Waals surface area contributed by atoms with E-state index in [-0.39, 0.29) is 5.56 Å². The molecule has 0 bridgehead atoms. The zero-order valence-electron chi connectivity index (χ0n) is 10.7. The Morgan fingerprint density at radius 2 is 1.70 bits per heavy atom. The van der Waals surface area contributed by atoms with Crippen molar-refractivity contribution in [1.29, 1.82) is 0 Å². The Labute approximate surface area is 114 Å². The summed E-state index contributed by atoms with van der Waals surface area (Å²) in [5, 5.41) is 0. The van der Waals surface area contributed by atoms with Gasteiger partial charge in [0.05, 0.1) is 11.6 Å². The lowest BCUT2D eigenvalue weighted by Gasteiger charge is -2.17. The quantitative estimate of drug-likeness (QED) is 0.821. The summed E-state index contributed by atoms with van der Waals surface area (Å²) in [5.41, 5.74) is 5.92. The average Bonchev–Trinajstić information content (AvgIpc) is 2.37. The van der Waals surface area contributed by atoms with Crippen LogP contribution in [0.2, 0.25) is 0 Å². The van der Waals surface area contributed by atoms with Gasteiger partial charge in [0.2, 0.25) is 0 Å². The van der Waals surface area contributed by atoms with Crippen molar-refractivity contribution in [1.82, 2.24) is 0 Å². The second-order valence-electron chi connectivity index (χ2n) is 4.60. The van der Waals surface area contributed by atoms with Crippen LogP contribution in [0, 0.1) is 12.7 Å². The summed E-state index contributed by atoms with van der Waals surface area (Å²) >= 11 is 0. The topological polar surface area (TPSA) is 26.0 Å². The van der Waals surface area contributed by atoms with Crippen LogP contribution in [-0.4, -0.2) is 0 Å². The fourth-order valence-electron chi connectivity index (χ4n) is 2.05. The molecule has 20 heavy (non-hydrogen) atoms. The van der Waals surface area contributed by atoms with Crippen LogP contribution in [0.5, 0.6) is 0 Å². The van der Waals surface area contributed by atoms with Gasteiger partial charge in [0.15, 0.2) is 0 Å². The van der Waals surface area contributed by atoms with Crippen molar-refractivity contribution < 1.29 is 17.6 Å². The molecule has 0 aliphatic carbocycles. The number of nitrogens with two attached hydrogens (primary N) is 1. The first-order valence-electron chi connectivity index (χ1n) is 5.98. The third-order valence-corrected chi connectivity index (χ3v) is 3.07. The van der Waals surface area contributed by atoms with E-state index >= 15 is 0 Å². The van der Waals surface area contributed by atoms with Crippen LogP contribution in [0.3, 0.4) is 0 Å². The van der Waals surface area contributed by atoms with Gasteiger partial charge >= 0.3 is 6.18 Å². The highest BCUT2D eigenvalue weighted by Gasteiger charge is 2.35. The Bertz CT molecular complexity index is 620. The van der Waals surface area contributed by atoms with Gasteiger partial charge in [0.1, 0.15) is 5.82 Å². The summed E-state index contributed by atoms with van der Waals surface area (Å²) in [5.74, 6) is -1.31. The summed E-state index contributed by atoms with van der Waals surface area (Å²) in [6, 6.07) is 9.17. The predicted octanol–water partition coefficient (Wildman–Crippen LogP) is 4.20. The van der Waals surface area contributed by atoms with E-state index in [2.05, 4.69) is 0 Å². The number of aryl methyl sites for hydroxylation is 1. The third kappa shape index (κ3) is 2.82. The molecule has 2 N–H and O–H groups in total. The Morgan fingerprint density at radius 3 is 2.30 bits per heavy atom. The van der Waals surface area contributed by atoms with E-state index in [0.717, 1.165) is 11.6 Å². The fourth-order valence-corrected chi connectivity index (χ4v) is 2.05. The molecule has 0 saturated heterocycles. The van der Waals surface area contributed by atoms with E-state index in [1.54, 1.807) is 18.2 Å². The smallest absolute Gasteiger partial charge is 0.320 e. The first-order valence-corrected chi connectivity index (χ1v) is 5.98. The van der Waals surface area contributed by atoms with Gasteiger partial charge in [-0.2, -0.15) is 13.2 Å². The molecule has 0 heterocycles. The number of hydrogen-bond acceptors (Lipinski definition) is 1. The number of hydrogen-bond donors (Lipinski definition) is 1. The normalized spacial score (nSPS) is 13.3. The van der Waals surface area contributed by atoms with Crippen LogP contribution in [0.4, 0.5) is 17.6 Å². The van der Waals surface area contributed by atoms with Gasteiger partial charge in [-0.1, -0.05) is 42.0 Å². The molecule has 0 amide bonds. The Kier molecular flexibility index (Phi) is 3.81. The van der Waals surface area contributed by atoms with Crippen molar-refractivity contribution in [3.8, 4) is 0 Å². The van der Waals surface area contributed by atoms with Gasteiger partial charge in [-0.25, -0.2) is 4.39 Å². The maximum atomic E-state index is 14.0. The minimum atomic E-state index is -4.73. The lowest BCUT2D eigenvalue weighted by molar-refractivity contribution is -0.140. The zero-order chi connectivity index (χ0) is 14.9. The fraction of sp³-hybridized carbons (Fsp3) is 0.200. The minimum Gasteiger partial charge on any atom is -0.320 e. The molecular weight excluding hydrogens is 270 g/mol. The highest BCUT2D eigenvalue weighted by Crippen LogP contribution is 2.34. The maximum absolute atomic E-state index is 14.0. The predicted molar refractivity (Wildman–Crippen MR) is 68.6 cm³/mol. The number of rotatable bonds is 2.